The van der Waals surface area contributed by atoms with E-state index in [1.54, 1.807) is 7.11 Å². The lowest BCUT2D eigenvalue weighted by Crippen LogP contribution is -2.43. The van der Waals surface area contributed by atoms with Crippen molar-refractivity contribution in [3.8, 4) is 0 Å². The first-order valence-corrected chi connectivity index (χ1v) is 7.61. The van der Waals surface area contributed by atoms with Crippen LogP contribution in [0.25, 0.3) is 5.65 Å². The predicted molar refractivity (Wildman–Crippen MR) is 89.2 cm³/mol. The second kappa shape index (κ2) is 7.79. The molecule has 2 aromatic rings. The molecular formula is C16H25N5O. The van der Waals surface area contributed by atoms with Crippen LogP contribution in [-0.2, 0) is 11.3 Å². The van der Waals surface area contributed by atoms with Crippen molar-refractivity contribution in [3.05, 3.63) is 35.8 Å². The van der Waals surface area contributed by atoms with Gasteiger partial charge < -0.3 is 19.8 Å². The number of nitrogens with zero attached hydrogens (tertiary/aromatic N) is 3. The van der Waals surface area contributed by atoms with Gasteiger partial charge in [-0.1, -0.05) is 6.07 Å². The molecule has 0 amide bonds. The number of aromatic nitrogens is 2. The third kappa shape index (κ3) is 4.21. The number of methoxy groups -OCH3 is 1. The van der Waals surface area contributed by atoms with Crippen LogP contribution in [0.2, 0.25) is 0 Å². The molecule has 0 aliphatic carbocycles. The zero-order valence-corrected chi connectivity index (χ0v) is 13.8. The van der Waals surface area contributed by atoms with Crippen molar-refractivity contribution in [2.24, 2.45) is 4.99 Å². The van der Waals surface area contributed by atoms with Gasteiger partial charge in [-0.15, -0.1) is 0 Å². The smallest absolute Gasteiger partial charge is 0.191 e. The predicted octanol–water partition coefficient (Wildman–Crippen LogP) is 1.73. The number of imidazole rings is 1. The highest BCUT2D eigenvalue weighted by atomic mass is 16.5. The van der Waals surface area contributed by atoms with Crippen molar-refractivity contribution in [2.75, 3.05) is 20.3 Å². The van der Waals surface area contributed by atoms with Crippen molar-refractivity contribution in [3.63, 3.8) is 0 Å². The van der Waals surface area contributed by atoms with Gasteiger partial charge in [0.05, 0.1) is 18.8 Å². The van der Waals surface area contributed by atoms with E-state index in [4.69, 9.17) is 4.74 Å². The lowest BCUT2D eigenvalue weighted by atomic mass is 10.4. The van der Waals surface area contributed by atoms with Crippen LogP contribution in [0.5, 0.6) is 0 Å². The first-order valence-electron chi connectivity index (χ1n) is 7.61. The topological polar surface area (TPSA) is 63.0 Å². The summed E-state index contributed by atoms with van der Waals surface area (Å²) in [6.07, 6.45) is 2.04. The van der Waals surface area contributed by atoms with Crippen molar-refractivity contribution < 1.29 is 4.74 Å². The van der Waals surface area contributed by atoms with Crippen LogP contribution in [0, 0.1) is 6.92 Å². The van der Waals surface area contributed by atoms with Gasteiger partial charge in [-0.05, 0) is 32.9 Å². The van der Waals surface area contributed by atoms with Gasteiger partial charge in [0, 0.05) is 31.6 Å². The molecule has 0 spiro atoms. The largest absolute Gasteiger partial charge is 0.383 e. The zero-order chi connectivity index (χ0) is 15.9. The van der Waals surface area contributed by atoms with E-state index >= 15 is 0 Å². The fraction of sp³-hybridized carbons (Fsp3) is 0.500. The van der Waals surface area contributed by atoms with Crippen molar-refractivity contribution in [1.29, 1.82) is 0 Å². The number of fused-ring (bicyclic) bond motifs is 1. The maximum absolute atomic E-state index is 5.14. The average Bonchev–Trinajstić information content (AvgIpc) is 2.90. The standard InChI is InChI=1S/C16H25N5O/c1-5-17-16(19-12(2)11-22-4)18-9-14-10-21-13(3)7-6-8-15(21)20-14/h6-8,10,12H,5,9,11H2,1-4H3,(H2,17,18,19). The summed E-state index contributed by atoms with van der Waals surface area (Å²) in [5, 5.41) is 6.55. The van der Waals surface area contributed by atoms with Gasteiger partial charge in [0.1, 0.15) is 5.65 Å². The van der Waals surface area contributed by atoms with Crippen LogP contribution >= 0.6 is 0 Å². The van der Waals surface area contributed by atoms with Crippen molar-refractivity contribution in [2.45, 2.75) is 33.4 Å². The van der Waals surface area contributed by atoms with Crippen LogP contribution in [-0.4, -0.2) is 41.6 Å². The molecule has 120 valence electrons. The Bertz CT molecular complexity index is 634. The Morgan fingerprint density at radius 1 is 1.45 bits per heavy atom. The molecule has 2 rings (SSSR count). The molecule has 6 nitrogen and oxygen atoms in total. The second-order valence-corrected chi connectivity index (χ2v) is 5.32. The first-order chi connectivity index (χ1) is 10.6. The molecule has 0 bridgehead atoms. The summed E-state index contributed by atoms with van der Waals surface area (Å²) in [5.74, 6) is 0.779. The summed E-state index contributed by atoms with van der Waals surface area (Å²) in [4.78, 5) is 9.19. The van der Waals surface area contributed by atoms with Crippen molar-refractivity contribution >= 4 is 11.6 Å². The minimum absolute atomic E-state index is 0.200. The minimum atomic E-state index is 0.200. The number of pyridine rings is 1. The second-order valence-electron chi connectivity index (χ2n) is 5.32. The molecule has 0 fully saturated rings. The monoisotopic (exact) mass is 303 g/mol. The van der Waals surface area contributed by atoms with E-state index in [2.05, 4.69) is 44.9 Å². The summed E-state index contributed by atoms with van der Waals surface area (Å²) < 4.78 is 7.22. The Hall–Kier alpha value is -2.08. The summed E-state index contributed by atoms with van der Waals surface area (Å²) in [5.41, 5.74) is 3.07. The van der Waals surface area contributed by atoms with Gasteiger partial charge in [0.25, 0.3) is 0 Å². The Morgan fingerprint density at radius 3 is 2.95 bits per heavy atom. The fourth-order valence-electron chi connectivity index (χ4n) is 2.28. The van der Waals surface area contributed by atoms with Gasteiger partial charge >= 0.3 is 0 Å². The number of hydrogen-bond acceptors (Lipinski definition) is 3. The number of aryl methyl sites for hydroxylation is 1. The Balaban J connectivity index is 2.09. The quantitative estimate of drug-likeness (QED) is 0.630. The zero-order valence-electron chi connectivity index (χ0n) is 13.8. The highest BCUT2D eigenvalue weighted by molar-refractivity contribution is 5.80. The number of rotatable bonds is 6. The highest BCUT2D eigenvalue weighted by Crippen LogP contribution is 2.09. The Labute approximate surface area is 131 Å². The minimum Gasteiger partial charge on any atom is -0.383 e. The molecule has 22 heavy (non-hydrogen) atoms. The van der Waals surface area contributed by atoms with Gasteiger partial charge in [-0.2, -0.15) is 0 Å². The third-order valence-electron chi connectivity index (χ3n) is 3.29. The SMILES string of the molecule is CCNC(=NCc1cn2c(C)cccc2n1)NC(C)COC. The van der Waals surface area contributed by atoms with Gasteiger partial charge in [-0.3, -0.25) is 0 Å². The number of hydrogen-bond donors (Lipinski definition) is 2. The fourth-order valence-corrected chi connectivity index (χ4v) is 2.28. The molecule has 1 unspecified atom stereocenters. The summed E-state index contributed by atoms with van der Waals surface area (Å²) in [7, 11) is 1.70. The average molecular weight is 303 g/mol. The van der Waals surface area contributed by atoms with Crippen LogP contribution in [0.3, 0.4) is 0 Å². The van der Waals surface area contributed by atoms with Crippen LogP contribution < -0.4 is 10.6 Å². The first kappa shape index (κ1) is 16.3. The van der Waals surface area contributed by atoms with Gasteiger partial charge in [-0.25, -0.2) is 9.98 Å². The molecular weight excluding hydrogens is 278 g/mol. The van der Waals surface area contributed by atoms with Gasteiger partial charge in [0.15, 0.2) is 5.96 Å². The van der Waals surface area contributed by atoms with E-state index in [0.717, 1.165) is 23.8 Å². The molecule has 6 heteroatoms. The number of guanidine groups is 1. The van der Waals surface area contributed by atoms with Crippen LogP contribution in [0.15, 0.2) is 29.4 Å². The molecule has 1 atom stereocenters. The highest BCUT2D eigenvalue weighted by Gasteiger charge is 2.06. The molecule has 2 heterocycles. The van der Waals surface area contributed by atoms with Crippen molar-refractivity contribution in [1.82, 2.24) is 20.0 Å². The van der Waals surface area contributed by atoms with E-state index < -0.39 is 0 Å². The van der Waals surface area contributed by atoms with E-state index in [-0.39, 0.29) is 6.04 Å². The Morgan fingerprint density at radius 2 is 2.27 bits per heavy atom. The maximum atomic E-state index is 5.14. The van der Waals surface area contributed by atoms with Crippen LogP contribution in [0.4, 0.5) is 0 Å². The molecule has 0 aromatic carbocycles. The molecule has 0 aliphatic rings. The molecule has 0 radical (unpaired) electrons. The summed E-state index contributed by atoms with van der Waals surface area (Å²) >= 11 is 0. The normalized spacial score (nSPS) is 13.4. The summed E-state index contributed by atoms with van der Waals surface area (Å²) in [6.45, 7) is 8.17. The van der Waals surface area contributed by atoms with Gasteiger partial charge in [0.2, 0.25) is 0 Å². The maximum Gasteiger partial charge on any atom is 0.191 e. The summed E-state index contributed by atoms with van der Waals surface area (Å²) in [6, 6.07) is 6.29. The molecule has 0 saturated heterocycles. The number of aliphatic imine (C=N–C) groups is 1. The van der Waals surface area contributed by atoms with E-state index in [9.17, 15) is 0 Å². The molecule has 2 aromatic heterocycles. The van der Waals surface area contributed by atoms with E-state index in [1.165, 1.54) is 5.69 Å². The molecule has 0 saturated carbocycles. The lowest BCUT2D eigenvalue weighted by Gasteiger charge is -2.16. The number of nitrogens with one attached hydrogen (secondary N) is 2. The van der Waals surface area contributed by atoms with E-state index in [0.29, 0.717) is 13.2 Å². The molecule has 2 N–H and O–H groups in total. The number of ether oxygens (including phenoxy) is 1. The third-order valence-corrected chi connectivity index (χ3v) is 3.29. The Kier molecular flexibility index (Phi) is 5.77. The van der Waals surface area contributed by atoms with Crippen LogP contribution in [0.1, 0.15) is 25.2 Å². The molecule has 0 aliphatic heterocycles. The lowest BCUT2D eigenvalue weighted by molar-refractivity contribution is 0.179. The van der Waals surface area contributed by atoms with E-state index in [1.807, 2.05) is 25.3 Å².